The van der Waals surface area contributed by atoms with Crippen LogP contribution in [0.5, 0.6) is 5.75 Å². The maximum Gasteiger partial charge on any atom is 0.137 e. The van der Waals surface area contributed by atoms with Crippen LogP contribution in [-0.4, -0.2) is 45.0 Å². The number of rotatable bonds is 5. The van der Waals surface area contributed by atoms with Crippen LogP contribution in [0, 0.1) is 0 Å². The molecule has 4 heterocycles. The molecule has 2 aliphatic heterocycles. The lowest BCUT2D eigenvalue weighted by molar-refractivity contribution is 0.416. The van der Waals surface area contributed by atoms with Gasteiger partial charge >= 0.3 is 0 Å². The molecule has 0 fully saturated rings. The minimum absolute atomic E-state index is 0.782. The van der Waals surface area contributed by atoms with Gasteiger partial charge in [-0.2, -0.15) is 0 Å². The van der Waals surface area contributed by atoms with E-state index in [9.17, 15) is 0 Å². The lowest BCUT2D eigenvalue weighted by Gasteiger charge is -2.09. The van der Waals surface area contributed by atoms with Gasteiger partial charge in [0.25, 0.3) is 0 Å². The van der Waals surface area contributed by atoms with Crippen LogP contribution in [0.2, 0.25) is 0 Å². The highest BCUT2D eigenvalue weighted by Crippen LogP contribution is 2.31. The van der Waals surface area contributed by atoms with Gasteiger partial charge in [0, 0.05) is 36.9 Å². The molecule has 2 aliphatic rings. The fourth-order valence-electron chi connectivity index (χ4n) is 4.15. The van der Waals surface area contributed by atoms with E-state index in [1.54, 1.807) is 19.6 Å². The van der Waals surface area contributed by atoms with Crippen LogP contribution in [0.1, 0.15) is 11.1 Å². The average molecular weight is 431 g/mol. The van der Waals surface area contributed by atoms with E-state index in [2.05, 4.69) is 26.7 Å². The second-order valence-corrected chi connectivity index (χ2v) is 7.70. The molecule has 164 valence electrons. The SMILES string of the molecule is COc1c(CC2=NCCN2)ccc2occc12.c1cc(CC2=NCCN2)c2ccoc2c1. The van der Waals surface area contributed by atoms with E-state index in [-0.39, 0.29) is 0 Å². The van der Waals surface area contributed by atoms with E-state index >= 15 is 0 Å². The van der Waals surface area contributed by atoms with Gasteiger partial charge in [-0.3, -0.25) is 9.98 Å². The van der Waals surface area contributed by atoms with Gasteiger partial charge in [-0.05, 0) is 29.8 Å². The van der Waals surface area contributed by atoms with Gasteiger partial charge < -0.3 is 24.2 Å². The Morgan fingerprint density at radius 1 is 0.781 bits per heavy atom. The van der Waals surface area contributed by atoms with Crippen molar-refractivity contribution in [3.8, 4) is 5.75 Å². The molecule has 0 aliphatic carbocycles. The lowest BCUT2D eigenvalue weighted by Crippen LogP contribution is -2.20. The maximum absolute atomic E-state index is 5.48. The summed E-state index contributed by atoms with van der Waals surface area (Å²) in [4.78, 5) is 8.80. The smallest absolute Gasteiger partial charge is 0.137 e. The van der Waals surface area contributed by atoms with E-state index in [1.807, 2.05) is 36.4 Å². The second kappa shape index (κ2) is 9.18. The molecule has 0 unspecified atom stereocenters. The zero-order valence-electron chi connectivity index (χ0n) is 18.1. The van der Waals surface area contributed by atoms with Crippen LogP contribution in [-0.2, 0) is 12.8 Å². The summed E-state index contributed by atoms with van der Waals surface area (Å²) in [5.74, 6) is 3.00. The summed E-state index contributed by atoms with van der Waals surface area (Å²) in [6, 6.07) is 14.1. The van der Waals surface area contributed by atoms with Crippen LogP contribution in [0.25, 0.3) is 21.9 Å². The summed E-state index contributed by atoms with van der Waals surface area (Å²) >= 11 is 0. The normalized spacial score (nSPS) is 15.0. The molecule has 0 bridgehead atoms. The molecule has 2 N–H and O–H groups in total. The van der Waals surface area contributed by atoms with E-state index in [4.69, 9.17) is 13.6 Å². The zero-order valence-corrected chi connectivity index (χ0v) is 18.1. The highest BCUT2D eigenvalue weighted by atomic mass is 16.5. The second-order valence-electron chi connectivity index (χ2n) is 7.70. The first-order valence-corrected chi connectivity index (χ1v) is 10.8. The van der Waals surface area contributed by atoms with Crippen molar-refractivity contribution in [3.63, 3.8) is 0 Å². The third-order valence-electron chi connectivity index (χ3n) is 5.66. The van der Waals surface area contributed by atoms with Gasteiger partial charge in [-0.15, -0.1) is 0 Å². The molecule has 0 amide bonds. The van der Waals surface area contributed by atoms with Crippen molar-refractivity contribution < 1.29 is 13.6 Å². The average Bonchev–Trinajstić information content (AvgIpc) is 3.62. The number of hydrogen-bond donors (Lipinski definition) is 2. The van der Waals surface area contributed by atoms with Gasteiger partial charge in [0.1, 0.15) is 28.6 Å². The topological polar surface area (TPSA) is 84.3 Å². The molecule has 0 atom stereocenters. The maximum atomic E-state index is 5.48. The molecular formula is C25H26N4O3. The van der Waals surface area contributed by atoms with Crippen LogP contribution in [0.3, 0.4) is 0 Å². The first kappa shape index (κ1) is 20.2. The number of furan rings is 2. The predicted octanol–water partition coefficient (Wildman–Crippen LogP) is 3.96. The lowest BCUT2D eigenvalue weighted by atomic mass is 10.1. The van der Waals surface area contributed by atoms with Crippen LogP contribution in [0.15, 0.2) is 73.8 Å². The van der Waals surface area contributed by atoms with E-state index in [0.717, 1.165) is 78.6 Å². The molecule has 2 aromatic heterocycles. The Bertz CT molecular complexity index is 1280. The van der Waals surface area contributed by atoms with Crippen molar-refractivity contribution >= 4 is 33.6 Å². The predicted molar refractivity (Wildman–Crippen MR) is 127 cm³/mol. The summed E-state index contributed by atoms with van der Waals surface area (Å²) < 4.78 is 16.2. The number of aliphatic imine (C=N–C) groups is 2. The van der Waals surface area contributed by atoms with Gasteiger partial charge in [-0.25, -0.2) is 0 Å². The molecule has 7 heteroatoms. The monoisotopic (exact) mass is 430 g/mol. The number of nitrogens with one attached hydrogen (secondary N) is 2. The summed E-state index contributed by atoms with van der Waals surface area (Å²) in [6.07, 6.45) is 5.07. The molecule has 6 rings (SSSR count). The van der Waals surface area contributed by atoms with Crippen molar-refractivity contribution in [1.29, 1.82) is 0 Å². The molecule has 7 nitrogen and oxygen atoms in total. The standard InChI is InChI=1S/C13H14N2O2.C12H12N2O/c1-16-13-9(8-12-14-5-6-15-12)2-3-11-10(13)4-7-17-11;1-2-9(8-12-13-5-6-14-12)10-4-7-15-11(10)3-1/h2-4,7H,5-6,8H2,1H3,(H,14,15);1-4,7H,5-6,8H2,(H,13,14). The van der Waals surface area contributed by atoms with E-state index in [0.29, 0.717) is 0 Å². The highest BCUT2D eigenvalue weighted by Gasteiger charge is 2.14. The number of ether oxygens (including phenoxy) is 1. The molecule has 0 spiro atoms. The largest absolute Gasteiger partial charge is 0.496 e. The molecular weight excluding hydrogens is 404 g/mol. The number of amidine groups is 2. The molecule has 4 aromatic rings. The van der Waals surface area contributed by atoms with Crippen molar-refractivity contribution in [2.45, 2.75) is 12.8 Å². The molecule has 0 saturated carbocycles. The first-order chi connectivity index (χ1) is 15.8. The molecule has 2 aromatic carbocycles. The number of fused-ring (bicyclic) bond motifs is 2. The summed E-state index contributed by atoms with van der Waals surface area (Å²) in [5, 5.41) is 8.76. The van der Waals surface area contributed by atoms with Gasteiger partial charge in [0.05, 0.1) is 38.1 Å². The van der Waals surface area contributed by atoms with Crippen LogP contribution < -0.4 is 15.4 Å². The van der Waals surface area contributed by atoms with Gasteiger partial charge in [0.15, 0.2) is 0 Å². The highest BCUT2D eigenvalue weighted by molar-refractivity contribution is 5.91. The third kappa shape index (κ3) is 4.19. The number of hydrogen-bond acceptors (Lipinski definition) is 7. The molecule has 0 saturated heterocycles. The Hall–Kier alpha value is -3.74. The summed E-state index contributed by atoms with van der Waals surface area (Å²) in [6.45, 7) is 3.67. The Balaban J connectivity index is 0.000000136. The third-order valence-corrected chi connectivity index (χ3v) is 5.66. The minimum atomic E-state index is 0.782. The Morgan fingerprint density at radius 2 is 1.44 bits per heavy atom. The fraction of sp³-hybridized carbons (Fsp3) is 0.280. The Morgan fingerprint density at radius 3 is 2.09 bits per heavy atom. The summed E-state index contributed by atoms with van der Waals surface area (Å²) in [5.41, 5.74) is 4.21. The first-order valence-electron chi connectivity index (χ1n) is 10.8. The van der Waals surface area contributed by atoms with Gasteiger partial charge in [0.2, 0.25) is 0 Å². The number of methoxy groups -OCH3 is 1. The quantitative estimate of drug-likeness (QED) is 0.501. The van der Waals surface area contributed by atoms with E-state index < -0.39 is 0 Å². The number of nitrogens with zero attached hydrogens (tertiary/aromatic N) is 2. The molecule has 32 heavy (non-hydrogen) atoms. The minimum Gasteiger partial charge on any atom is -0.496 e. The van der Waals surface area contributed by atoms with Gasteiger partial charge in [-0.1, -0.05) is 18.2 Å². The van der Waals surface area contributed by atoms with Crippen molar-refractivity contribution in [3.05, 3.63) is 66.1 Å². The van der Waals surface area contributed by atoms with Crippen molar-refractivity contribution in [2.75, 3.05) is 33.3 Å². The zero-order chi connectivity index (χ0) is 21.8. The van der Waals surface area contributed by atoms with E-state index in [1.165, 1.54) is 10.9 Å². The fourth-order valence-corrected chi connectivity index (χ4v) is 4.15. The van der Waals surface area contributed by atoms with Crippen molar-refractivity contribution in [1.82, 2.24) is 10.6 Å². The Labute approximate surface area is 186 Å². The summed E-state index contributed by atoms with van der Waals surface area (Å²) in [7, 11) is 1.69. The van der Waals surface area contributed by atoms with Crippen LogP contribution in [0.4, 0.5) is 0 Å². The van der Waals surface area contributed by atoms with Crippen molar-refractivity contribution in [2.24, 2.45) is 9.98 Å². The number of benzene rings is 2. The van der Waals surface area contributed by atoms with Crippen LogP contribution >= 0.6 is 0 Å². The molecule has 0 radical (unpaired) electrons. The Kier molecular flexibility index (Phi) is 5.79.